The molecule has 1 aliphatic rings. The van der Waals surface area contributed by atoms with Gasteiger partial charge in [-0.3, -0.25) is 9.69 Å². The van der Waals surface area contributed by atoms with Crippen molar-refractivity contribution in [3.8, 4) is 11.3 Å². The van der Waals surface area contributed by atoms with Crippen molar-refractivity contribution in [2.45, 2.75) is 6.54 Å². The summed E-state index contributed by atoms with van der Waals surface area (Å²) in [6.07, 6.45) is 0. The Morgan fingerprint density at radius 2 is 1.77 bits per heavy atom. The number of likely N-dealkylation sites (N-methyl/N-ethyl adjacent to an activating group) is 1. The molecule has 5 heteroatoms. The molecule has 0 unspecified atom stereocenters. The van der Waals surface area contributed by atoms with E-state index in [0.717, 1.165) is 48.5 Å². The number of hydrogen-bond acceptors (Lipinski definition) is 3. The zero-order chi connectivity index (χ0) is 18.1. The molecule has 0 aliphatic carbocycles. The average Bonchev–Trinajstić information content (AvgIpc) is 2.66. The van der Waals surface area contributed by atoms with Crippen LogP contribution in [-0.4, -0.2) is 48.0 Å². The summed E-state index contributed by atoms with van der Waals surface area (Å²) in [6.45, 7) is 4.64. The van der Waals surface area contributed by atoms with E-state index in [4.69, 9.17) is 11.6 Å². The van der Waals surface area contributed by atoms with Gasteiger partial charge in [0.2, 0.25) is 0 Å². The predicted molar refractivity (Wildman–Crippen MR) is 108 cm³/mol. The monoisotopic (exact) mass is 367 g/mol. The second-order valence-corrected chi connectivity index (χ2v) is 7.38. The van der Waals surface area contributed by atoms with Gasteiger partial charge in [-0.25, -0.2) is 0 Å². The molecule has 1 aliphatic heterocycles. The third-order valence-corrected chi connectivity index (χ3v) is 5.34. The van der Waals surface area contributed by atoms with Crippen LogP contribution in [0.1, 0.15) is 5.56 Å². The Morgan fingerprint density at radius 3 is 2.50 bits per heavy atom. The molecule has 4 rings (SSSR count). The number of aromatic nitrogens is 1. The molecule has 0 spiro atoms. The number of benzene rings is 2. The minimum Gasteiger partial charge on any atom is -0.354 e. The van der Waals surface area contributed by atoms with Gasteiger partial charge >= 0.3 is 0 Å². The van der Waals surface area contributed by atoms with E-state index >= 15 is 0 Å². The van der Waals surface area contributed by atoms with Crippen molar-refractivity contribution in [2.75, 3.05) is 33.2 Å². The van der Waals surface area contributed by atoms with Crippen molar-refractivity contribution < 1.29 is 0 Å². The van der Waals surface area contributed by atoms with Crippen LogP contribution in [0.3, 0.4) is 0 Å². The van der Waals surface area contributed by atoms with Crippen molar-refractivity contribution >= 4 is 22.5 Å². The number of rotatable bonds is 3. The molecule has 2 aromatic carbocycles. The molecule has 1 fully saturated rings. The van der Waals surface area contributed by atoms with Gasteiger partial charge in [0.1, 0.15) is 0 Å². The van der Waals surface area contributed by atoms with Crippen molar-refractivity contribution in [1.82, 2.24) is 14.8 Å². The Kier molecular flexibility index (Phi) is 4.81. The topological polar surface area (TPSA) is 39.3 Å². The van der Waals surface area contributed by atoms with Crippen LogP contribution in [-0.2, 0) is 6.54 Å². The van der Waals surface area contributed by atoms with Crippen LogP contribution in [0.5, 0.6) is 0 Å². The molecule has 1 saturated heterocycles. The lowest BCUT2D eigenvalue weighted by atomic mass is 10.0. The third kappa shape index (κ3) is 3.40. The average molecular weight is 368 g/mol. The van der Waals surface area contributed by atoms with E-state index in [1.54, 1.807) is 6.07 Å². The van der Waals surface area contributed by atoms with E-state index in [9.17, 15) is 4.79 Å². The molecule has 0 radical (unpaired) electrons. The number of aromatic amines is 1. The van der Waals surface area contributed by atoms with Gasteiger partial charge in [0, 0.05) is 54.2 Å². The number of nitrogens with one attached hydrogen (secondary N) is 1. The maximum absolute atomic E-state index is 13.3. The first-order chi connectivity index (χ1) is 12.6. The minimum atomic E-state index is 0.0685. The lowest BCUT2D eigenvalue weighted by Gasteiger charge is -2.32. The first-order valence-electron chi connectivity index (χ1n) is 8.92. The molecule has 0 amide bonds. The SMILES string of the molecule is CN1CCN(Cc2c(-c3ccccc3)[nH]c3ccc(Cl)cc3c2=O)CC1. The fourth-order valence-electron chi connectivity index (χ4n) is 3.53. The van der Waals surface area contributed by atoms with E-state index in [1.165, 1.54) is 0 Å². The molecule has 4 nitrogen and oxygen atoms in total. The number of halogens is 1. The molecular weight excluding hydrogens is 346 g/mol. The largest absolute Gasteiger partial charge is 0.354 e. The summed E-state index contributed by atoms with van der Waals surface area (Å²) in [5.74, 6) is 0. The smallest absolute Gasteiger partial charge is 0.194 e. The molecule has 2 heterocycles. The lowest BCUT2D eigenvalue weighted by Crippen LogP contribution is -2.44. The number of pyridine rings is 1. The van der Waals surface area contributed by atoms with Gasteiger partial charge in [0.15, 0.2) is 5.43 Å². The summed E-state index contributed by atoms with van der Waals surface area (Å²) in [5.41, 5.74) is 3.64. The van der Waals surface area contributed by atoms with Gasteiger partial charge in [-0.2, -0.15) is 0 Å². The lowest BCUT2D eigenvalue weighted by molar-refractivity contribution is 0.148. The predicted octanol–water partition coefficient (Wildman–Crippen LogP) is 3.60. The van der Waals surface area contributed by atoms with Crippen LogP contribution < -0.4 is 5.43 Å². The fraction of sp³-hybridized carbons (Fsp3) is 0.286. The van der Waals surface area contributed by atoms with Crippen LogP contribution in [0.2, 0.25) is 5.02 Å². The zero-order valence-corrected chi connectivity index (χ0v) is 15.6. The Labute approximate surface area is 158 Å². The number of hydrogen-bond donors (Lipinski definition) is 1. The summed E-state index contributed by atoms with van der Waals surface area (Å²) in [5, 5.41) is 1.24. The normalized spacial score (nSPS) is 16.2. The van der Waals surface area contributed by atoms with Crippen LogP contribution in [0, 0.1) is 0 Å². The van der Waals surface area contributed by atoms with E-state index in [2.05, 4.69) is 21.8 Å². The van der Waals surface area contributed by atoms with Crippen molar-refractivity contribution in [2.24, 2.45) is 0 Å². The Balaban J connectivity index is 1.85. The molecule has 3 aromatic rings. The first kappa shape index (κ1) is 17.3. The van der Waals surface area contributed by atoms with Gasteiger partial charge in [-0.05, 0) is 30.8 Å². The van der Waals surface area contributed by atoms with E-state index in [-0.39, 0.29) is 5.43 Å². The molecule has 26 heavy (non-hydrogen) atoms. The molecule has 0 saturated carbocycles. The highest BCUT2D eigenvalue weighted by Gasteiger charge is 2.19. The Bertz CT molecular complexity index is 976. The van der Waals surface area contributed by atoms with Gasteiger partial charge < -0.3 is 9.88 Å². The molecule has 0 bridgehead atoms. The van der Waals surface area contributed by atoms with Crippen molar-refractivity contribution in [1.29, 1.82) is 0 Å². The molecule has 0 atom stereocenters. The number of piperazine rings is 1. The fourth-order valence-corrected chi connectivity index (χ4v) is 3.70. The Morgan fingerprint density at radius 1 is 1.04 bits per heavy atom. The highest BCUT2D eigenvalue weighted by molar-refractivity contribution is 6.31. The summed E-state index contributed by atoms with van der Waals surface area (Å²) >= 11 is 6.14. The van der Waals surface area contributed by atoms with Gasteiger partial charge in [0.25, 0.3) is 0 Å². The van der Waals surface area contributed by atoms with E-state index in [1.807, 2.05) is 42.5 Å². The summed E-state index contributed by atoms with van der Waals surface area (Å²) in [4.78, 5) is 21.5. The summed E-state index contributed by atoms with van der Waals surface area (Å²) in [7, 11) is 2.14. The van der Waals surface area contributed by atoms with Crippen LogP contribution in [0.15, 0.2) is 53.3 Å². The summed E-state index contributed by atoms with van der Waals surface area (Å²) in [6, 6.07) is 15.5. The number of nitrogens with zero attached hydrogens (tertiary/aromatic N) is 2. The first-order valence-corrected chi connectivity index (χ1v) is 9.30. The van der Waals surface area contributed by atoms with Gasteiger partial charge in [-0.15, -0.1) is 0 Å². The van der Waals surface area contributed by atoms with Crippen LogP contribution in [0.4, 0.5) is 0 Å². The van der Waals surface area contributed by atoms with Crippen LogP contribution in [0.25, 0.3) is 22.2 Å². The molecule has 1 aromatic heterocycles. The molecular formula is C21H22ClN3O. The Hall–Kier alpha value is -2.14. The van der Waals surface area contributed by atoms with E-state index < -0.39 is 0 Å². The minimum absolute atomic E-state index is 0.0685. The molecule has 1 N–H and O–H groups in total. The zero-order valence-electron chi connectivity index (χ0n) is 14.8. The highest BCUT2D eigenvalue weighted by atomic mass is 35.5. The second-order valence-electron chi connectivity index (χ2n) is 6.94. The van der Waals surface area contributed by atoms with Crippen LogP contribution >= 0.6 is 11.6 Å². The van der Waals surface area contributed by atoms with E-state index in [0.29, 0.717) is 17.0 Å². The van der Waals surface area contributed by atoms with Gasteiger partial charge in [0.05, 0.1) is 5.69 Å². The third-order valence-electron chi connectivity index (χ3n) is 5.10. The van der Waals surface area contributed by atoms with Crippen molar-refractivity contribution in [3.05, 3.63) is 69.3 Å². The number of H-pyrrole nitrogens is 1. The van der Waals surface area contributed by atoms with Crippen molar-refractivity contribution in [3.63, 3.8) is 0 Å². The second kappa shape index (κ2) is 7.23. The maximum Gasteiger partial charge on any atom is 0.194 e. The number of fused-ring (bicyclic) bond motifs is 1. The highest BCUT2D eigenvalue weighted by Crippen LogP contribution is 2.25. The van der Waals surface area contributed by atoms with Gasteiger partial charge in [-0.1, -0.05) is 41.9 Å². The maximum atomic E-state index is 13.3. The molecule has 134 valence electrons. The quantitative estimate of drug-likeness (QED) is 0.768. The summed E-state index contributed by atoms with van der Waals surface area (Å²) < 4.78 is 0. The standard InChI is InChI=1S/C21H22ClN3O/c1-24-9-11-25(12-10-24)14-18-20(15-5-3-2-4-6-15)23-19-8-7-16(22)13-17(19)21(18)26/h2-8,13H,9-12,14H2,1H3,(H,23,26).